The van der Waals surface area contributed by atoms with Crippen LogP contribution in [0.2, 0.25) is 0 Å². The third-order valence-corrected chi connectivity index (χ3v) is 5.69. The normalized spacial score (nSPS) is 22.2. The van der Waals surface area contributed by atoms with E-state index in [9.17, 15) is 9.90 Å². The van der Waals surface area contributed by atoms with Crippen molar-refractivity contribution >= 4 is 11.6 Å². The molecule has 5 N–H and O–H groups in total. The van der Waals surface area contributed by atoms with Crippen LogP contribution in [-0.2, 0) is 16.1 Å². The van der Waals surface area contributed by atoms with Gasteiger partial charge in [0, 0.05) is 6.42 Å². The van der Waals surface area contributed by atoms with Crippen molar-refractivity contribution in [3.8, 4) is 5.75 Å². The van der Waals surface area contributed by atoms with E-state index in [2.05, 4.69) is 24.6 Å². The van der Waals surface area contributed by atoms with E-state index in [1.54, 1.807) is 17.4 Å². The number of quaternary nitrogens is 1. The molecule has 0 fully saturated rings. The third-order valence-electron chi connectivity index (χ3n) is 5.69. The summed E-state index contributed by atoms with van der Waals surface area (Å²) >= 11 is 0. The predicted octanol–water partition coefficient (Wildman–Crippen LogP) is 3.23. The smallest absolute Gasteiger partial charge is 0.314 e. The standard InChI is InChI=1S/C22H30N2O4/c1-15-3-2-4-16(11-15)14-28-20-8-5-17(6-9-20)22(26)23-13-18-12-19(24-27)7-10-21(18)25/h3,7-8,10,12,16-17,24-25,27H,2,4-6,9,11,13-14H2,1H3,(H,23,26)/p+1/t16?,17-/m1/s1. The second kappa shape index (κ2) is 9.75. The molecule has 2 atom stereocenters. The van der Waals surface area contributed by atoms with E-state index in [0.717, 1.165) is 38.0 Å². The van der Waals surface area contributed by atoms with Crippen LogP contribution in [0.25, 0.3) is 0 Å². The van der Waals surface area contributed by atoms with E-state index in [1.165, 1.54) is 18.1 Å². The van der Waals surface area contributed by atoms with Gasteiger partial charge in [-0.1, -0.05) is 11.6 Å². The molecular weight excluding hydrogens is 356 g/mol. The lowest BCUT2D eigenvalue weighted by atomic mass is 9.90. The van der Waals surface area contributed by atoms with Gasteiger partial charge in [0.25, 0.3) is 0 Å². The number of hydrogen-bond acceptors (Lipinski definition) is 5. The molecular formula is C22H31N2O4+. The first kappa shape index (κ1) is 20.4. The van der Waals surface area contributed by atoms with Gasteiger partial charge in [0.15, 0.2) is 0 Å². The number of anilines is 1. The van der Waals surface area contributed by atoms with Crippen molar-refractivity contribution in [2.24, 2.45) is 11.8 Å². The number of nitrogens with two attached hydrogens (primary N) is 1. The molecule has 1 amide bonds. The zero-order chi connectivity index (χ0) is 19.9. The minimum atomic E-state index is -0.0199. The van der Waals surface area contributed by atoms with Crippen LogP contribution < -0.4 is 10.8 Å². The van der Waals surface area contributed by atoms with Gasteiger partial charge in [0.1, 0.15) is 12.3 Å². The largest absolute Gasteiger partial charge is 0.507 e. The van der Waals surface area contributed by atoms with Crippen LogP contribution in [0.5, 0.6) is 5.75 Å². The third kappa shape index (κ3) is 5.59. The molecule has 6 heteroatoms. The van der Waals surface area contributed by atoms with E-state index in [0.29, 0.717) is 30.1 Å². The average molecular weight is 388 g/mol. The quantitative estimate of drug-likeness (QED) is 0.327. The van der Waals surface area contributed by atoms with Crippen molar-refractivity contribution in [1.29, 1.82) is 0 Å². The molecule has 2 aliphatic rings. The predicted molar refractivity (Wildman–Crippen MR) is 107 cm³/mol. The molecule has 6 nitrogen and oxygen atoms in total. The van der Waals surface area contributed by atoms with Gasteiger partial charge >= 0.3 is 5.91 Å². The number of primary amides is 1. The van der Waals surface area contributed by atoms with Crippen LogP contribution in [-0.4, -0.2) is 22.8 Å². The molecule has 0 bridgehead atoms. The van der Waals surface area contributed by atoms with Crippen LogP contribution >= 0.6 is 0 Å². The van der Waals surface area contributed by atoms with E-state index in [1.807, 2.05) is 0 Å². The Bertz CT molecular complexity index is 757. The lowest BCUT2D eigenvalue weighted by Crippen LogP contribution is -2.88. The maximum Gasteiger partial charge on any atom is 0.314 e. The van der Waals surface area contributed by atoms with Crippen LogP contribution in [0.4, 0.5) is 5.69 Å². The molecule has 0 heterocycles. The number of benzene rings is 1. The summed E-state index contributed by atoms with van der Waals surface area (Å²) in [4.78, 5) is 12.5. The highest BCUT2D eigenvalue weighted by molar-refractivity contribution is 5.69. The first-order valence-corrected chi connectivity index (χ1v) is 10.1. The monoisotopic (exact) mass is 387 g/mol. The molecule has 0 saturated heterocycles. The van der Waals surface area contributed by atoms with E-state index >= 15 is 0 Å². The van der Waals surface area contributed by atoms with E-state index in [4.69, 9.17) is 9.94 Å². The highest BCUT2D eigenvalue weighted by Crippen LogP contribution is 2.28. The maximum absolute atomic E-state index is 12.5. The molecule has 1 aromatic carbocycles. The number of aromatic hydroxyl groups is 1. The number of nitrogens with one attached hydrogen (secondary N) is 1. The molecule has 0 saturated carbocycles. The number of hydrogen-bond donors (Lipinski definition) is 4. The summed E-state index contributed by atoms with van der Waals surface area (Å²) in [6, 6.07) is 4.70. The Morgan fingerprint density at radius 2 is 2.18 bits per heavy atom. The van der Waals surface area contributed by atoms with Crippen LogP contribution in [0.3, 0.4) is 0 Å². The number of ether oxygens (including phenoxy) is 1. The summed E-state index contributed by atoms with van der Waals surface area (Å²) in [5, 5.41) is 20.5. The summed E-state index contributed by atoms with van der Waals surface area (Å²) in [6.45, 7) is 3.31. The highest BCUT2D eigenvalue weighted by Gasteiger charge is 2.26. The molecule has 28 heavy (non-hydrogen) atoms. The van der Waals surface area contributed by atoms with Gasteiger partial charge in [0.2, 0.25) is 0 Å². The van der Waals surface area contributed by atoms with E-state index in [-0.39, 0.29) is 17.6 Å². The number of amides is 1. The molecule has 3 rings (SSSR count). The van der Waals surface area contributed by atoms with Crippen molar-refractivity contribution < 1.29 is 25.2 Å². The van der Waals surface area contributed by atoms with Crippen LogP contribution in [0, 0.1) is 11.8 Å². The van der Waals surface area contributed by atoms with Crippen molar-refractivity contribution in [3.05, 3.63) is 47.2 Å². The summed E-state index contributed by atoms with van der Waals surface area (Å²) in [5.74, 6) is 1.83. The summed E-state index contributed by atoms with van der Waals surface area (Å²) < 4.78 is 6.02. The van der Waals surface area contributed by atoms with Gasteiger partial charge in [-0.3, -0.25) is 16.0 Å². The SMILES string of the molecule is CC1=CCCC(COC2=CC[C@@H](C(=O)[NH2+]Cc3cc(NO)ccc3O)CC2)C1. The second-order valence-corrected chi connectivity index (χ2v) is 7.92. The molecule has 2 aliphatic carbocycles. The van der Waals surface area contributed by atoms with Crippen LogP contribution in [0.15, 0.2) is 41.7 Å². The first-order chi connectivity index (χ1) is 13.5. The van der Waals surface area contributed by atoms with Gasteiger partial charge in [-0.15, -0.1) is 0 Å². The lowest BCUT2D eigenvalue weighted by Gasteiger charge is -2.24. The molecule has 0 radical (unpaired) electrons. The topological polar surface area (TPSA) is 95.4 Å². The molecule has 0 aliphatic heterocycles. The highest BCUT2D eigenvalue weighted by atomic mass is 16.5. The number of allylic oxidation sites excluding steroid dienone is 4. The number of phenols is 1. The Labute approximate surface area is 166 Å². The lowest BCUT2D eigenvalue weighted by molar-refractivity contribution is -0.587. The molecule has 1 unspecified atom stereocenters. The minimum absolute atomic E-state index is 0.0199. The molecule has 0 spiro atoms. The number of phenolic OH excluding ortho intramolecular Hbond substituents is 1. The van der Waals surface area contributed by atoms with E-state index < -0.39 is 0 Å². The van der Waals surface area contributed by atoms with Gasteiger partial charge in [-0.2, -0.15) is 0 Å². The zero-order valence-corrected chi connectivity index (χ0v) is 16.5. The Kier molecular flexibility index (Phi) is 7.12. The number of carbonyl (C=O) groups excluding carboxylic acids is 1. The fraction of sp³-hybridized carbons (Fsp3) is 0.500. The minimum Gasteiger partial charge on any atom is -0.507 e. The van der Waals surface area contributed by atoms with Crippen molar-refractivity contribution in [3.63, 3.8) is 0 Å². The first-order valence-electron chi connectivity index (χ1n) is 10.1. The van der Waals surface area contributed by atoms with Gasteiger partial charge < -0.3 is 9.84 Å². The summed E-state index contributed by atoms with van der Waals surface area (Å²) in [7, 11) is 0. The fourth-order valence-corrected chi connectivity index (χ4v) is 3.97. The molecule has 1 aromatic rings. The van der Waals surface area contributed by atoms with Crippen molar-refractivity contribution in [2.75, 3.05) is 12.1 Å². The fourth-order valence-electron chi connectivity index (χ4n) is 3.97. The second-order valence-electron chi connectivity index (χ2n) is 7.92. The average Bonchev–Trinajstić information content (AvgIpc) is 2.72. The Morgan fingerprint density at radius 1 is 1.32 bits per heavy atom. The van der Waals surface area contributed by atoms with Crippen molar-refractivity contribution in [2.45, 2.75) is 52.0 Å². The van der Waals surface area contributed by atoms with Gasteiger partial charge in [-0.05, 0) is 69.2 Å². The zero-order valence-electron chi connectivity index (χ0n) is 16.5. The number of carbonyl (C=O) groups is 1. The summed E-state index contributed by atoms with van der Waals surface area (Å²) in [5.41, 5.74) is 4.61. The Morgan fingerprint density at radius 3 is 2.89 bits per heavy atom. The Hall–Kier alpha value is -2.31. The maximum atomic E-state index is 12.5. The Balaban J connectivity index is 1.43. The van der Waals surface area contributed by atoms with Crippen LogP contribution in [0.1, 0.15) is 51.0 Å². The molecule has 0 aromatic heterocycles. The summed E-state index contributed by atoms with van der Waals surface area (Å²) in [6.07, 6.45) is 10.2. The van der Waals surface area contributed by atoms with Gasteiger partial charge in [-0.25, -0.2) is 4.79 Å². The number of rotatable bonds is 7. The van der Waals surface area contributed by atoms with Gasteiger partial charge in [0.05, 0.1) is 29.5 Å². The molecule has 152 valence electrons. The van der Waals surface area contributed by atoms with Crippen molar-refractivity contribution in [1.82, 2.24) is 0 Å².